The fourth-order valence-corrected chi connectivity index (χ4v) is 2.70. The van der Waals surface area contributed by atoms with Gasteiger partial charge in [-0.25, -0.2) is 18.1 Å². The van der Waals surface area contributed by atoms with E-state index in [1.165, 1.54) is 12.1 Å². The molecule has 0 fully saturated rings. The van der Waals surface area contributed by atoms with Gasteiger partial charge in [0, 0.05) is 38.1 Å². The zero-order chi connectivity index (χ0) is 13.9. The van der Waals surface area contributed by atoms with Crippen LogP contribution >= 0.6 is 0 Å². The highest BCUT2D eigenvalue weighted by Crippen LogP contribution is 2.11. The number of nitrogens with one attached hydrogen (secondary N) is 1. The van der Waals surface area contributed by atoms with Gasteiger partial charge < -0.3 is 10.3 Å². The van der Waals surface area contributed by atoms with Crippen molar-refractivity contribution in [3.8, 4) is 0 Å². The zero-order valence-electron chi connectivity index (χ0n) is 10.6. The van der Waals surface area contributed by atoms with E-state index >= 15 is 0 Å². The van der Waals surface area contributed by atoms with Gasteiger partial charge in [0.15, 0.2) is 0 Å². The topological polar surface area (TPSA) is 90.0 Å². The summed E-state index contributed by atoms with van der Waals surface area (Å²) in [5.74, 6) is 0.833. The zero-order valence-corrected chi connectivity index (χ0v) is 11.4. The maximum absolute atomic E-state index is 12.0. The number of nitrogens with two attached hydrogens (primary N) is 1. The van der Waals surface area contributed by atoms with Crippen molar-refractivity contribution >= 4 is 15.7 Å². The Bertz CT molecular complexity index is 647. The lowest BCUT2D eigenvalue weighted by Gasteiger charge is -2.07. The second-order valence-corrected chi connectivity index (χ2v) is 5.94. The van der Waals surface area contributed by atoms with Gasteiger partial charge in [0.1, 0.15) is 5.82 Å². The molecule has 102 valence electrons. The molecule has 0 aliphatic carbocycles. The SMILES string of the molecule is Cn1ccnc1CCNS(=O)(=O)c1ccc(N)cc1. The fourth-order valence-electron chi connectivity index (χ4n) is 1.66. The highest BCUT2D eigenvalue weighted by Gasteiger charge is 2.13. The van der Waals surface area contributed by atoms with Crippen molar-refractivity contribution in [1.82, 2.24) is 14.3 Å². The number of anilines is 1. The quantitative estimate of drug-likeness (QED) is 0.781. The van der Waals surface area contributed by atoms with Gasteiger partial charge in [0.05, 0.1) is 4.90 Å². The number of nitrogen functional groups attached to an aromatic ring is 1. The van der Waals surface area contributed by atoms with Crippen LogP contribution < -0.4 is 10.5 Å². The smallest absolute Gasteiger partial charge is 0.240 e. The first kappa shape index (κ1) is 13.6. The third-order valence-electron chi connectivity index (χ3n) is 2.75. The Labute approximate surface area is 112 Å². The van der Waals surface area contributed by atoms with Crippen molar-refractivity contribution in [2.24, 2.45) is 7.05 Å². The molecule has 0 aliphatic heterocycles. The van der Waals surface area contributed by atoms with Crippen LogP contribution in [0.1, 0.15) is 5.82 Å². The van der Waals surface area contributed by atoms with E-state index in [1.54, 1.807) is 18.3 Å². The molecule has 2 aromatic rings. The second-order valence-electron chi connectivity index (χ2n) is 4.17. The maximum Gasteiger partial charge on any atom is 0.240 e. The summed E-state index contributed by atoms with van der Waals surface area (Å²) in [6.45, 7) is 0.303. The Morgan fingerprint density at radius 1 is 1.32 bits per heavy atom. The monoisotopic (exact) mass is 280 g/mol. The minimum Gasteiger partial charge on any atom is -0.399 e. The van der Waals surface area contributed by atoms with Crippen molar-refractivity contribution < 1.29 is 8.42 Å². The molecule has 7 heteroatoms. The summed E-state index contributed by atoms with van der Waals surface area (Å²) in [4.78, 5) is 4.34. The molecule has 0 saturated carbocycles. The molecule has 0 bridgehead atoms. The average molecular weight is 280 g/mol. The Balaban J connectivity index is 1.98. The fraction of sp³-hybridized carbons (Fsp3) is 0.250. The first-order valence-electron chi connectivity index (χ1n) is 5.80. The van der Waals surface area contributed by atoms with Crippen LogP contribution in [0.2, 0.25) is 0 Å². The van der Waals surface area contributed by atoms with Crippen LogP contribution in [0.5, 0.6) is 0 Å². The molecule has 0 radical (unpaired) electrons. The van der Waals surface area contributed by atoms with E-state index in [0.29, 0.717) is 18.7 Å². The van der Waals surface area contributed by atoms with Gasteiger partial charge in [-0.05, 0) is 24.3 Å². The van der Waals surface area contributed by atoms with Crippen LogP contribution in [0.25, 0.3) is 0 Å². The lowest BCUT2D eigenvalue weighted by molar-refractivity contribution is 0.580. The number of sulfonamides is 1. The maximum atomic E-state index is 12.0. The van der Waals surface area contributed by atoms with Gasteiger partial charge in [-0.15, -0.1) is 0 Å². The van der Waals surface area contributed by atoms with Crippen LogP contribution in [0, 0.1) is 0 Å². The van der Waals surface area contributed by atoms with Gasteiger partial charge >= 0.3 is 0 Å². The largest absolute Gasteiger partial charge is 0.399 e. The van der Waals surface area contributed by atoms with Crippen LogP contribution in [0.4, 0.5) is 5.69 Å². The first-order valence-corrected chi connectivity index (χ1v) is 7.29. The first-order chi connectivity index (χ1) is 8.99. The number of aromatic nitrogens is 2. The van der Waals surface area contributed by atoms with E-state index in [9.17, 15) is 8.42 Å². The van der Waals surface area contributed by atoms with E-state index in [2.05, 4.69) is 9.71 Å². The summed E-state index contributed by atoms with van der Waals surface area (Å²) < 4.78 is 28.4. The van der Waals surface area contributed by atoms with Crippen molar-refractivity contribution in [1.29, 1.82) is 0 Å². The Morgan fingerprint density at radius 3 is 2.58 bits per heavy atom. The van der Waals surface area contributed by atoms with Gasteiger partial charge in [-0.1, -0.05) is 0 Å². The molecule has 19 heavy (non-hydrogen) atoms. The number of imidazole rings is 1. The number of nitrogens with zero attached hydrogens (tertiary/aromatic N) is 2. The van der Waals surface area contributed by atoms with Gasteiger partial charge in [-0.2, -0.15) is 0 Å². The molecule has 0 amide bonds. The Kier molecular flexibility index (Phi) is 3.87. The molecule has 0 saturated heterocycles. The van der Waals surface area contributed by atoms with Crippen LogP contribution in [0.3, 0.4) is 0 Å². The molecular formula is C12H16N4O2S. The molecule has 1 heterocycles. The Morgan fingerprint density at radius 2 is 2.00 bits per heavy atom. The predicted molar refractivity (Wildman–Crippen MR) is 73.0 cm³/mol. The van der Waals surface area contributed by atoms with Crippen molar-refractivity contribution in [3.05, 3.63) is 42.5 Å². The van der Waals surface area contributed by atoms with Gasteiger partial charge in [0.25, 0.3) is 0 Å². The summed E-state index contributed by atoms with van der Waals surface area (Å²) in [5, 5.41) is 0. The van der Waals surface area contributed by atoms with E-state index in [4.69, 9.17) is 5.73 Å². The third kappa shape index (κ3) is 3.33. The lowest BCUT2D eigenvalue weighted by atomic mass is 10.3. The molecular weight excluding hydrogens is 264 g/mol. The highest BCUT2D eigenvalue weighted by molar-refractivity contribution is 7.89. The van der Waals surface area contributed by atoms with Crippen LogP contribution in [0.15, 0.2) is 41.6 Å². The lowest BCUT2D eigenvalue weighted by Crippen LogP contribution is -2.26. The summed E-state index contributed by atoms with van der Waals surface area (Å²) >= 11 is 0. The summed E-state index contributed by atoms with van der Waals surface area (Å²) in [5.41, 5.74) is 6.06. The third-order valence-corrected chi connectivity index (χ3v) is 4.23. The molecule has 0 unspecified atom stereocenters. The summed E-state index contributed by atoms with van der Waals surface area (Å²) in [7, 11) is -1.61. The predicted octanol–water partition coefficient (Wildman–Crippen LogP) is 0.523. The molecule has 2 rings (SSSR count). The van der Waals surface area contributed by atoms with E-state index < -0.39 is 10.0 Å². The number of hydrogen-bond donors (Lipinski definition) is 2. The summed E-state index contributed by atoms with van der Waals surface area (Å²) in [6.07, 6.45) is 4.05. The number of benzene rings is 1. The van der Waals surface area contributed by atoms with Crippen LogP contribution in [-0.4, -0.2) is 24.5 Å². The molecule has 0 spiro atoms. The van der Waals surface area contributed by atoms with E-state index in [-0.39, 0.29) is 4.90 Å². The van der Waals surface area contributed by atoms with Crippen molar-refractivity contribution in [3.63, 3.8) is 0 Å². The molecule has 1 aromatic carbocycles. The number of hydrogen-bond acceptors (Lipinski definition) is 4. The van der Waals surface area contributed by atoms with Crippen LogP contribution in [-0.2, 0) is 23.5 Å². The standard InChI is InChI=1S/C12H16N4O2S/c1-16-9-8-14-12(16)6-7-15-19(17,18)11-4-2-10(13)3-5-11/h2-5,8-9,15H,6-7,13H2,1H3. The average Bonchev–Trinajstić information content (AvgIpc) is 2.75. The Hall–Kier alpha value is -1.86. The molecule has 1 aromatic heterocycles. The minimum absolute atomic E-state index is 0.210. The highest BCUT2D eigenvalue weighted by atomic mass is 32.2. The second kappa shape index (κ2) is 5.41. The van der Waals surface area contributed by atoms with E-state index in [1.807, 2.05) is 17.8 Å². The van der Waals surface area contributed by atoms with Crippen molar-refractivity contribution in [2.75, 3.05) is 12.3 Å². The van der Waals surface area contributed by atoms with E-state index in [0.717, 1.165) is 5.82 Å². The normalized spacial score (nSPS) is 11.6. The van der Waals surface area contributed by atoms with Gasteiger partial charge in [0.2, 0.25) is 10.0 Å². The molecule has 3 N–H and O–H groups in total. The molecule has 0 aliphatic rings. The minimum atomic E-state index is -3.49. The van der Waals surface area contributed by atoms with Crippen molar-refractivity contribution in [2.45, 2.75) is 11.3 Å². The summed E-state index contributed by atoms with van der Waals surface area (Å²) in [6, 6.07) is 6.09. The van der Waals surface area contributed by atoms with Gasteiger partial charge in [-0.3, -0.25) is 0 Å². The number of rotatable bonds is 5. The number of aryl methyl sites for hydroxylation is 1. The molecule has 6 nitrogen and oxygen atoms in total. The molecule has 0 atom stereocenters.